The highest BCUT2D eigenvalue weighted by atomic mass is 79.9. The lowest BCUT2D eigenvalue weighted by Crippen LogP contribution is -1.99. The third-order valence-corrected chi connectivity index (χ3v) is 2.27. The average Bonchev–Trinajstić information content (AvgIpc) is 2.66. The smallest absolute Gasteiger partial charge is 0.203 e. The van der Waals surface area contributed by atoms with Crippen molar-refractivity contribution < 1.29 is 8.78 Å². The number of benzene rings is 1. The fourth-order valence-electron chi connectivity index (χ4n) is 1.10. The number of rotatable bonds is 2. The second-order valence-corrected chi connectivity index (χ2v) is 3.76. The lowest BCUT2D eigenvalue weighted by molar-refractivity contribution is 0.145. The standard InChI is InChI=1S/C9H6BrF2N3/c10-6-2-1-3-7(4-6)15-13-5-8(14-15)9(11)12/h1-5,9H. The van der Waals surface area contributed by atoms with Gasteiger partial charge in [0.1, 0.15) is 5.69 Å². The zero-order valence-electron chi connectivity index (χ0n) is 7.44. The Kier molecular flexibility index (Phi) is 2.77. The highest BCUT2D eigenvalue weighted by molar-refractivity contribution is 9.10. The van der Waals surface area contributed by atoms with Gasteiger partial charge < -0.3 is 0 Å². The van der Waals surface area contributed by atoms with E-state index in [9.17, 15) is 8.78 Å². The van der Waals surface area contributed by atoms with Gasteiger partial charge in [0, 0.05) is 4.47 Å². The predicted molar refractivity (Wildman–Crippen MR) is 54.0 cm³/mol. The van der Waals surface area contributed by atoms with Crippen molar-refractivity contribution in [3.8, 4) is 5.69 Å². The number of halogens is 3. The van der Waals surface area contributed by atoms with E-state index in [1.165, 1.54) is 4.80 Å². The molecule has 0 N–H and O–H groups in total. The van der Waals surface area contributed by atoms with Crippen LogP contribution < -0.4 is 0 Å². The number of nitrogens with zero attached hydrogens (tertiary/aromatic N) is 3. The topological polar surface area (TPSA) is 30.7 Å². The van der Waals surface area contributed by atoms with Gasteiger partial charge in [0.05, 0.1) is 11.9 Å². The molecule has 2 aromatic rings. The Bertz CT molecular complexity index is 470. The molecule has 78 valence electrons. The molecule has 0 saturated heterocycles. The molecule has 0 spiro atoms. The van der Waals surface area contributed by atoms with Crippen LogP contribution in [-0.2, 0) is 0 Å². The van der Waals surface area contributed by atoms with Gasteiger partial charge in [-0.3, -0.25) is 0 Å². The van der Waals surface area contributed by atoms with E-state index < -0.39 is 6.43 Å². The third kappa shape index (κ3) is 2.20. The maximum absolute atomic E-state index is 12.3. The molecule has 15 heavy (non-hydrogen) atoms. The second kappa shape index (κ2) is 4.06. The van der Waals surface area contributed by atoms with Gasteiger partial charge in [-0.2, -0.15) is 9.90 Å². The van der Waals surface area contributed by atoms with Crippen LogP contribution in [0.4, 0.5) is 8.78 Å². The van der Waals surface area contributed by atoms with Gasteiger partial charge in [0.15, 0.2) is 0 Å². The quantitative estimate of drug-likeness (QED) is 0.842. The van der Waals surface area contributed by atoms with E-state index in [2.05, 4.69) is 26.1 Å². The fourth-order valence-corrected chi connectivity index (χ4v) is 1.49. The molecule has 0 saturated carbocycles. The van der Waals surface area contributed by atoms with Crippen LogP contribution in [0.15, 0.2) is 34.9 Å². The summed E-state index contributed by atoms with van der Waals surface area (Å²) in [5.74, 6) is 0. The molecule has 0 bridgehead atoms. The van der Waals surface area contributed by atoms with Crippen LogP contribution in [0.3, 0.4) is 0 Å². The molecule has 1 aromatic carbocycles. The van der Waals surface area contributed by atoms with Gasteiger partial charge in [-0.25, -0.2) is 8.78 Å². The zero-order chi connectivity index (χ0) is 10.8. The zero-order valence-corrected chi connectivity index (χ0v) is 9.03. The summed E-state index contributed by atoms with van der Waals surface area (Å²) in [6.45, 7) is 0. The van der Waals surface area contributed by atoms with Gasteiger partial charge in [-0.15, -0.1) is 5.10 Å². The minimum Gasteiger partial charge on any atom is -0.203 e. The molecular formula is C9H6BrF2N3. The molecule has 2 rings (SSSR count). The molecule has 0 amide bonds. The van der Waals surface area contributed by atoms with E-state index >= 15 is 0 Å². The Balaban J connectivity index is 2.37. The average molecular weight is 274 g/mol. The molecule has 0 fully saturated rings. The molecule has 0 aliphatic carbocycles. The van der Waals surface area contributed by atoms with E-state index in [1.807, 2.05) is 6.07 Å². The minimum absolute atomic E-state index is 0.324. The van der Waals surface area contributed by atoms with Crippen molar-refractivity contribution in [2.24, 2.45) is 0 Å². The Labute approximate surface area is 92.8 Å². The van der Waals surface area contributed by atoms with Crippen LogP contribution in [0.25, 0.3) is 5.69 Å². The SMILES string of the molecule is FC(F)c1cnn(-c2cccc(Br)c2)n1. The first-order valence-corrected chi connectivity index (χ1v) is 4.92. The summed E-state index contributed by atoms with van der Waals surface area (Å²) in [5.41, 5.74) is 0.311. The lowest BCUT2D eigenvalue weighted by atomic mass is 10.3. The Morgan fingerprint density at radius 1 is 1.33 bits per heavy atom. The summed E-state index contributed by atoms with van der Waals surface area (Å²) in [7, 11) is 0. The summed E-state index contributed by atoms with van der Waals surface area (Å²) in [6.07, 6.45) is -1.53. The molecule has 6 heteroatoms. The van der Waals surface area contributed by atoms with Gasteiger partial charge >= 0.3 is 0 Å². The molecule has 1 aromatic heterocycles. The van der Waals surface area contributed by atoms with Crippen molar-refractivity contribution in [1.29, 1.82) is 0 Å². The minimum atomic E-state index is -2.59. The van der Waals surface area contributed by atoms with Crippen molar-refractivity contribution >= 4 is 15.9 Å². The van der Waals surface area contributed by atoms with Gasteiger partial charge in [-0.1, -0.05) is 22.0 Å². The number of alkyl halides is 2. The largest absolute Gasteiger partial charge is 0.283 e. The summed E-state index contributed by atoms with van der Waals surface area (Å²) in [6, 6.07) is 7.10. The molecule has 0 aliphatic rings. The summed E-state index contributed by atoms with van der Waals surface area (Å²) < 4.78 is 25.3. The number of hydrogen-bond donors (Lipinski definition) is 0. The van der Waals surface area contributed by atoms with Crippen molar-refractivity contribution in [3.05, 3.63) is 40.6 Å². The van der Waals surface area contributed by atoms with Crippen molar-refractivity contribution in [1.82, 2.24) is 15.0 Å². The molecule has 3 nitrogen and oxygen atoms in total. The lowest BCUT2D eigenvalue weighted by Gasteiger charge is -1.99. The van der Waals surface area contributed by atoms with E-state index in [4.69, 9.17) is 0 Å². The van der Waals surface area contributed by atoms with Crippen LogP contribution in [-0.4, -0.2) is 15.0 Å². The fraction of sp³-hybridized carbons (Fsp3) is 0.111. The van der Waals surface area contributed by atoms with Gasteiger partial charge in [-0.05, 0) is 18.2 Å². The van der Waals surface area contributed by atoms with Gasteiger partial charge in [0.2, 0.25) is 0 Å². The van der Waals surface area contributed by atoms with E-state index in [0.29, 0.717) is 5.69 Å². The normalized spacial score (nSPS) is 10.9. The predicted octanol–water partition coefficient (Wildman–Crippen LogP) is 2.97. The summed E-state index contributed by atoms with van der Waals surface area (Å²) >= 11 is 3.28. The Hall–Kier alpha value is -1.30. The van der Waals surface area contributed by atoms with Crippen LogP contribution >= 0.6 is 15.9 Å². The molecule has 0 radical (unpaired) electrons. The molecule has 0 atom stereocenters. The third-order valence-electron chi connectivity index (χ3n) is 1.77. The van der Waals surface area contributed by atoms with Crippen LogP contribution in [0.5, 0.6) is 0 Å². The Morgan fingerprint density at radius 2 is 2.13 bits per heavy atom. The maximum atomic E-state index is 12.3. The molecular weight excluding hydrogens is 268 g/mol. The first-order valence-electron chi connectivity index (χ1n) is 4.13. The number of aromatic nitrogens is 3. The second-order valence-electron chi connectivity index (χ2n) is 2.84. The monoisotopic (exact) mass is 273 g/mol. The van der Waals surface area contributed by atoms with E-state index in [0.717, 1.165) is 10.7 Å². The highest BCUT2D eigenvalue weighted by Crippen LogP contribution is 2.17. The summed E-state index contributed by atoms with van der Waals surface area (Å²) in [5, 5.41) is 7.41. The summed E-state index contributed by atoms with van der Waals surface area (Å²) in [4.78, 5) is 1.17. The molecule has 0 aliphatic heterocycles. The van der Waals surface area contributed by atoms with Crippen LogP contribution in [0, 0.1) is 0 Å². The first-order chi connectivity index (χ1) is 7.16. The molecule has 1 heterocycles. The maximum Gasteiger partial charge on any atom is 0.283 e. The van der Waals surface area contributed by atoms with Crippen molar-refractivity contribution in [3.63, 3.8) is 0 Å². The first kappa shape index (κ1) is 10.2. The van der Waals surface area contributed by atoms with Gasteiger partial charge in [0.25, 0.3) is 6.43 Å². The molecule has 0 unspecified atom stereocenters. The van der Waals surface area contributed by atoms with E-state index in [1.54, 1.807) is 18.2 Å². The van der Waals surface area contributed by atoms with Crippen LogP contribution in [0.2, 0.25) is 0 Å². The van der Waals surface area contributed by atoms with E-state index in [-0.39, 0.29) is 5.69 Å². The van der Waals surface area contributed by atoms with Crippen molar-refractivity contribution in [2.75, 3.05) is 0 Å². The number of hydrogen-bond acceptors (Lipinski definition) is 2. The highest BCUT2D eigenvalue weighted by Gasteiger charge is 2.12. The Morgan fingerprint density at radius 3 is 2.73 bits per heavy atom. The van der Waals surface area contributed by atoms with Crippen molar-refractivity contribution in [2.45, 2.75) is 6.43 Å². The van der Waals surface area contributed by atoms with Crippen LogP contribution in [0.1, 0.15) is 12.1 Å².